The highest BCUT2D eigenvalue weighted by atomic mass is 79.9. The molecule has 0 atom stereocenters. The number of amides is 1. The summed E-state index contributed by atoms with van der Waals surface area (Å²) in [7, 11) is 1.41. The molecule has 1 amide bonds. The Morgan fingerprint density at radius 2 is 1.75 bits per heavy atom. The van der Waals surface area contributed by atoms with Crippen molar-refractivity contribution in [3.8, 4) is 0 Å². The van der Waals surface area contributed by atoms with Gasteiger partial charge in [-0.25, -0.2) is 5.48 Å². The Bertz CT molecular complexity index is 623. The van der Waals surface area contributed by atoms with Crippen LogP contribution in [0.2, 0.25) is 0 Å². The Morgan fingerprint density at radius 3 is 2.40 bits per heavy atom. The van der Waals surface area contributed by atoms with E-state index in [4.69, 9.17) is 4.84 Å². The topological polar surface area (TPSA) is 38.3 Å². The molecule has 0 aromatic heterocycles. The van der Waals surface area contributed by atoms with E-state index < -0.39 is 0 Å². The van der Waals surface area contributed by atoms with E-state index in [0.717, 1.165) is 15.6 Å². The van der Waals surface area contributed by atoms with Gasteiger partial charge in [0.05, 0.1) is 12.7 Å². The molecule has 0 saturated carbocycles. The third kappa shape index (κ3) is 3.56. The van der Waals surface area contributed by atoms with Crippen molar-refractivity contribution in [1.29, 1.82) is 0 Å². The van der Waals surface area contributed by atoms with Crippen LogP contribution in [0, 0.1) is 0 Å². The lowest BCUT2D eigenvalue weighted by Gasteiger charge is -2.09. The zero-order valence-corrected chi connectivity index (χ0v) is 12.6. The van der Waals surface area contributed by atoms with Crippen molar-refractivity contribution < 1.29 is 9.63 Å². The molecule has 0 radical (unpaired) electrons. The van der Waals surface area contributed by atoms with Gasteiger partial charge in [-0.2, -0.15) is 0 Å². The third-order valence-corrected chi connectivity index (χ3v) is 3.41. The predicted molar refractivity (Wildman–Crippen MR) is 83.6 cm³/mol. The van der Waals surface area contributed by atoms with E-state index in [1.807, 2.05) is 60.7 Å². The normalized spacial score (nSPS) is 11.2. The molecule has 1 N–H and O–H groups in total. The average molecular weight is 332 g/mol. The molecule has 0 aliphatic heterocycles. The molecule has 3 nitrogen and oxygen atoms in total. The lowest BCUT2D eigenvalue weighted by atomic mass is 10.0. The minimum Gasteiger partial charge on any atom is -0.277 e. The molecular formula is C16H14BrNO2. The van der Waals surface area contributed by atoms with Crippen LogP contribution < -0.4 is 5.48 Å². The average Bonchev–Trinajstić information content (AvgIpc) is 2.47. The minimum absolute atomic E-state index is 0.289. The molecular weight excluding hydrogens is 318 g/mol. The molecule has 0 bridgehead atoms. The maximum absolute atomic E-state index is 12.2. The Hall–Kier alpha value is -1.91. The van der Waals surface area contributed by atoms with Crippen molar-refractivity contribution in [3.05, 3.63) is 70.2 Å². The first-order chi connectivity index (χ1) is 9.72. The van der Waals surface area contributed by atoms with E-state index in [-0.39, 0.29) is 5.91 Å². The van der Waals surface area contributed by atoms with Gasteiger partial charge in [0.1, 0.15) is 0 Å². The van der Waals surface area contributed by atoms with Crippen LogP contribution in [0.4, 0.5) is 0 Å². The highest BCUT2D eigenvalue weighted by Gasteiger charge is 2.14. The zero-order valence-electron chi connectivity index (χ0n) is 11.0. The summed E-state index contributed by atoms with van der Waals surface area (Å²) in [5.41, 5.74) is 4.66. The van der Waals surface area contributed by atoms with Gasteiger partial charge in [0.2, 0.25) is 0 Å². The first-order valence-electron chi connectivity index (χ1n) is 6.07. The molecule has 0 aliphatic carbocycles. The number of carbonyl (C=O) groups is 1. The van der Waals surface area contributed by atoms with E-state index in [9.17, 15) is 4.79 Å². The van der Waals surface area contributed by atoms with Gasteiger partial charge >= 0.3 is 0 Å². The summed E-state index contributed by atoms with van der Waals surface area (Å²) in [5.74, 6) is -0.289. The van der Waals surface area contributed by atoms with E-state index in [1.165, 1.54) is 7.11 Å². The molecule has 4 heteroatoms. The smallest absolute Gasteiger partial charge is 0.275 e. The van der Waals surface area contributed by atoms with Gasteiger partial charge in [-0.15, -0.1) is 0 Å². The van der Waals surface area contributed by atoms with Crippen LogP contribution in [0.1, 0.15) is 11.1 Å². The molecule has 0 unspecified atom stereocenters. The van der Waals surface area contributed by atoms with Crippen molar-refractivity contribution in [3.63, 3.8) is 0 Å². The van der Waals surface area contributed by atoms with Crippen LogP contribution in [0.3, 0.4) is 0 Å². The molecule has 2 aromatic carbocycles. The van der Waals surface area contributed by atoms with Crippen LogP contribution >= 0.6 is 15.9 Å². The highest BCUT2D eigenvalue weighted by Crippen LogP contribution is 2.26. The van der Waals surface area contributed by atoms with Crippen molar-refractivity contribution in [2.45, 2.75) is 0 Å². The van der Waals surface area contributed by atoms with Crippen LogP contribution in [-0.4, -0.2) is 13.0 Å². The fourth-order valence-electron chi connectivity index (χ4n) is 1.81. The molecule has 20 heavy (non-hydrogen) atoms. The maximum atomic E-state index is 12.2. The second-order valence-corrected chi connectivity index (χ2v) is 4.94. The van der Waals surface area contributed by atoms with E-state index in [1.54, 1.807) is 0 Å². The monoisotopic (exact) mass is 331 g/mol. The molecule has 2 rings (SSSR count). The second kappa shape index (κ2) is 7.03. The number of halogens is 1. The van der Waals surface area contributed by atoms with Gasteiger partial charge in [0, 0.05) is 10.0 Å². The summed E-state index contributed by atoms with van der Waals surface area (Å²) in [6, 6.07) is 17.2. The van der Waals surface area contributed by atoms with E-state index in [2.05, 4.69) is 21.4 Å². The Morgan fingerprint density at radius 1 is 1.10 bits per heavy atom. The van der Waals surface area contributed by atoms with Crippen LogP contribution in [-0.2, 0) is 9.63 Å². The SMILES string of the molecule is CONC(=O)C(=Cc1ccccc1)c1ccccc1Br. The number of rotatable bonds is 4. The van der Waals surface area contributed by atoms with Crippen LogP contribution in [0.15, 0.2) is 59.1 Å². The van der Waals surface area contributed by atoms with E-state index >= 15 is 0 Å². The number of nitrogens with one attached hydrogen (secondary N) is 1. The molecule has 0 spiro atoms. The Kier molecular flexibility index (Phi) is 5.09. The zero-order chi connectivity index (χ0) is 14.4. The van der Waals surface area contributed by atoms with Gasteiger partial charge in [0.25, 0.3) is 5.91 Å². The summed E-state index contributed by atoms with van der Waals surface area (Å²) >= 11 is 3.47. The molecule has 0 fully saturated rings. The predicted octanol–water partition coefficient (Wildman–Crippen LogP) is 3.67. The largest absolute Gasteiger partial charge is 0.277 e. The van der Waals surface area contributed by atoms with Crippen molar-refractivity contribution in [1.82, 2.24) is 5.48 Å². The van der Waals surface area contributed by atoms with Gasteiger partial charge < -0.3 is 0 Å². The van der Waals surface area contributed by atoms with Gasteiger partial charge in [-0.05, 0) is 17.7 Å². The number of hydroxylamine groups is 1. The minimum atomic E-state index is -0.289. The maximum Gasteiger partial charge on any atom is 0.275 e. The first kappa shape index (κ1) is 14.5. The first-order valence-corrected chi connectivity index (χ1v) is 6.86. The van der Waals surface area contributed by atoms with Gasteiger partial charge in [-0.3, -0.25) is 9.63 Å². The number of hydrogen-bond donors (Lipinski definition) is 1. The summed E-state index contributed by atoms with van der Waals surface area (Å²) in [5, 5.41) is 0. The van der Waals surface area contributed by atoms with Gasteiger partial charge in [-0.1, -0.05) is 64.5 Å². The molecule has 0 saturated heterocycles. The van der Waals surface area contributed by atoms with Crippen molar-refractivity contribution in [2.75, 3.05) is 7.11 Å². The summed E-state index contributed by atoms with van der Waals surface area (Å²) < 4.78 is 0.855. The Balaban J connectivity index is 2.48. The summed E-state index contributed by atoms with van der Waals surface area (Å²) in [6.45, 7) is 0. The number of benzene rings is 2. The summed E-state index contributed by atoms with van der Waals surface area (Å²) in [6.07, 6.45) is 1.83. The fraction of sp³-hybridized carbons (Fsp3) is 0.0625. The van der Waals surface area contributed by atoms with E-state index in [0.29, 0.717) is 5.57 Å². The second-order valence-electron chi connectivity index (χ2n) is 4.08. The third-order valence-electron chi connectivity index (χ3n) is 2.71. The van der Waals surface area contributed by atoms with Gasteiger partial charge in [0.15, 0.2) is 0 Å². The van der Waals surface area contributed by atoms with Crippen LogP contribution in [0.25, 0.3) is 11.6 Å². The number of hydrogen-bond acceptors (Lipinski definition) is 2. The highest BCUT2D eigenvalue weighted by molar-refractivity contribution is 9.10. The standard InChI is InChI=1S/C16H14BrNO2/c1-20-18-16(19)14(11-12-7-3-2-4-8-12)13-9-5-6-10-15(13)17/h2-11H,1H3,(H,18,19). The van der Waals surface area contributed by atoms with Crippen molar-refractivity contribution >= 4 is 33.5 Å². The Labute approximate surface area is 126 Å². The summed E-state index contributed by atoms with van der Waals surface area (Å²) in [4.78, 5) is 16.9. The molecule has 0 aliphatic rings. The lowest BCUT2D eigenvalue weighted by Crippen LogP contribution is -2.23. The fourth-order valence-corrected chi connectivity index (χ4v) is 2.31. The van der Waals surface area contributed by atoms with Crippen LogP contribution in [0.5, 0.6) is 0 Å². The molecule has 102 valence electrons. The molecule has 0 heterocycles. The number of carbonyl (C=O) groups excluding carboxylic acids is 1. The van der Waals surface area contributed by atoms with Crippen molar-refractivity contribution in [2.24, 2.45) is 0 Å². The molecule has 2 aromatic rings. The quantitative estimate of drug-likeness (QED) is 0.527. The lowest BCUT2D eigenvalue weighted by molar-refractivity contribution is -0.125.